The van der Waals surface area contributed by atoms with Crippen molar-refractivity contribution in [1.29, 1.82) is 0 Å². The van der Waals surface area contributed by atoms with Gasteiger partial charge in [-0.25, -0.2) is 8.78 Å². The molecule has 0 aromatic heterocycles. The Labute approximate surface area is 132 Å². The third kappa shape index (κ3) is 3.48. The predicted octanol–water partition coefficient (Wildman–Crippen LogP) is 2.78. The number of nitrogens with zero attached hydrogens (tertiary/aromatic N) is 1. The molecule has 0 aliphatic rings. The molecule has 1 amide bonds. The minimum atomic E-state index is -1.20. The summed E-state index contributed by atoms with van der Waals surface area (Å²) < 4.78 is 32.1. The van der Waals surface area contributed by atoms with Crippen molar-refractivity contribution in [1.82, 2.24) is 4.90 Å². The molecule has 0 bridgehead atoms. The summed E-state index contributed by atoms with van der Waals surface area (Å²) in [5.41, 5.74) is 0.278. The number of hydrogen-bond donors (Lipinski definition) is 1. The van der Waals surface area contributed by atoms with E-state index in [0.717, 1.165) is 6.07 Å². The second kappa shape index (κ2) is 7.19. The summed E-state index contributed by atoms with van der Waals surface area (Å²) in [4.78, 5) is 13.6. The second-order valence-corrected chi connectivity index (χ2v) is 4.99. The quantitative estimate of drug-likeness (QED) is 0.921. The van der Waals surface area contributed by atoms with E-state index in [-0.39, 0.29) is 12.2 Å². The van der Waals surface area contributed by atoms with Crippen LogP contribution in [0.3, 0.4) is 0 Å². The van der Waals surface area contributed by atoms with Crippen molar-refractivity contribution in [3.05, 3.63) is 65.2 Å². The van der Waals surface area contributed by atoms with E-state index in [1.807, 2.05) is 0 Å². The van der Waals surface area contributed by atoms with E-state index in [1.54, 1.807) is 24.3 Å². The number of methoxy groups -OCH3 is 1. The number of halogens is 2. The molecule has 0 fully saturated rings. The highest BCUT2D eigenvalue weighted by Crippen LogP contribution is 2.24. The standard InChI is InChI=1S/C17H17F2NO3/c1-20(17(22)13-4-3-5-14(18)16(13)19)15(10-21)11-6-8-12(23-2)9-7-11/h3-9,15,21H,10H2,1-2H3/t15-/m0/s1. The first-order chi connectivity index (χ1) is 11.0. The highest BCUT2D eigenvalue weighted by molar-refractivity contribution is 5.94. The lowest BCUT2D eigenvalue weighted by molar-refractivity contribution is 0.0652. The number of rotatable bonds is 5. The highest BCUT2D eigenvalue weighted by atomic mass is 19.2. The second-order valence-electron chi connectivity index (χ2n) is 4.99. The van der Waals surface area contributed by atoms with Crippen molar-refractivity contribution in [3.63, 3.8) is 0 Å². The third-order valence-electron chi connectivity index (χ3n) is 3.64. The molecule has 6 heteroatoms. The van der Waals surface area contributed by atoms with Gasteiger partial charge in [0.15, 0.2) is 11.6 Å². The van der Waals surface area contributed by atoms with Crippen LogP contribution < -0.4 is 4.74 Å². The fourth-order valence-electron chi connectivity index (χ4n) is 2.28. The maximum Gasteiger partial charge on any atom is 0.257 e. The van der Waals surface area contributed by atoms with E-state index in [4.69, 9.17) is 4.74 Å². The van der Waals surface area contributed by atoms with E-state index in [0.29, 0.717) is 11.3 Å². The number of aliphatic hydroxyl groups is 1. The van der Waals surface area contributed by atoms with Gasteiger partial charge < -0.3 is 14.7 Å². The third-order valence-corrected chi connectivity index (χ3v) is 3.64. The topological polar surface area (TPSA) is 49.8 Å². The number of hydrogen-bond acceptors (Lipinski definition) is 3. The minimum absolute atomic E-state index is 0.356. The molecule has 2 aromatic rings. The van der Waals surface area contributed by atoms with Gasteiger partial charge in [-0.05, 0) is 29.8 Å². The molecule has 0 aliphatic heterocycles. The number of amides is 1. The van der Waals surface area contributed by atoms with Crippen LogP contribution in [-0.4, -0.2) is 36.7 Å². The Bertz CT molecular complexity index is 689. The molecule has 2 rings (SSSR count). The van der Waals surface area contributed by atoms with E-state index >= 15 is 0 Å². The SMILES string of the molecule is COc1ccc([C@H](CO)N(C)C(=O)c2cccc(F)c2F)cc1. The maximum absolute atomic E-state index is 13.8. The molecule has 0 unspecified atom stereocenters. The van der Waals surface area contributed by atoms with Gasteiger partial charge in [0.1, 0.15) is 5.75 Å². The Kier molecular flexibility index (Phi) is 5.28. The molecule has 23 heavy (non-hydrogen) atoms. The van der Waals surface area contributed by atoms with Crippen LogP contribution in [0.1, 0.15) is 22.0 Å². The molecule has 0 radical (unpaired) electrons. The van der Waals surface area contributed by atoms with E-state index in [1.165, 1.54) is 31.2 Å². The van der Waals surface area contributed by atoms with Crippen molar-refractivity contribution >= 4 is 5.91 Å². The van der Waals surface area contributed by atoms with E-state index < -0.39 is 23.6 Å². The van der Waals surface area contributed by atoms with Crippen LogP contribution in [0.25, 0.3) is 0 Å². The lowest BCUT2D eigenvalue weighted by Crippen LogP contribution is -2.34. The van der Waals surface area contributed by atoms with Gasteiger partial charge in [0.2, 0.25) is 0 Å². The molecule has 1 atom stereocenters. The molecule has 0 aliphatic carbocycles. The Morgan fingerprint density at radius 1 is 1.22 bits per heavy atom. The molecule has 0 heterocycles. The van der Waals surface area contributed by atoms with Gasteiger partial charge in [0, 0.05) is 7.05 Å². The van der Waals surface area contributed by atoms with Crippen LogP contribution in [-0.2, 0) is 0 Å². The molecule has 2 aromatic carbocycles. The first-order valence-corrected chi connectivity index (χ1v) is 6.95. The summed E-state index contributed by atoms with van der Waals surface area (Å²) in [7, 11) is 2.96. The number of carbonyl (C=O) groups is 1. The first kappa shape index (κ1) is 16.9. The number of aliphatic hydroxyl groups excluding tert-OH is 1. The summed E-state index contributed by atoms with van der Waals surface area (Å²) in [6.07, 6.45) is 0. The normalized spacial score (nSPS) is 11.9. The van der Waals surface area contributed by atoms with Crippen LogP contribution in [0.5, 0.6) is 5.75 Å². The summed E-state index contributed by atoms with van der Waals surface area (Å²) in [6.45, 7) is -0.356. The summed E-state index contributed by atoms with van der Waals surface area (Å²) >= 11 is 0. The van der Waals surface area contributed by atoms with E-state index in [9.17, 15) is 18.7 Å². The van der Waals surface area contributed by atoms with Crippen LogP contribution in [0.15, 0.2) is 42.5 Å². The zero-order chi connectivity index (χ0) is 17.0. The van der Waals surface area contributed by atoms with Gasteiger partial charge in [-0.1, -0.05) is 18.2 Å². The molecular formula is C17H17F2NO3. The van der Waals surface area contributed by atoms with Crippen LogP contribution in [0.4, 0.5) is 8.78 Å². The molecule has 0 saturated heterocycles. The van der Waals surface area contributed by atoms with E-state index in [2.05, 4.69) is 0 Å². The summed E-state index contributed by atoms with van der Waals surface area (Å²) in [6, 6.07) is 9.52. The monoisotopic (exact) mass is 321 g/mol. The number of benzene rings is 2. The molecular weight excluding hydrogens is 304 g/mol. The van der Waals surface area contributed by atoms with Gasteiger partial charge in [-0.15, -0.1) is 0 Å². The largest absolute Gasteiger partial charge is 0.497 e. The fraction of sp³-hybridized carbons (Fsp3) is 0.235. The van der Waals surface area contributed by atoms with Crippen molar-refractivity contribution < 1.29 is 23.4 Å². The molecule has 1 N–H and O–H groups in total. The van der Waals surface area contributed by atoms with Gasteiger partial charge in [0.25, 0.3) is 5.91 Å². The number of ether oxygens (including phenoxy) is 1. The smallest absolute Gasteiger partial charge is 0.257 e. The Hall–Kier alpha value is -2.47. The van der Waals surface area contributed by atoms with Crippen LogP contribution >= 0.6 is 0 Å². The van der Waals surface area contributed by atoms with Crippen molar-refractivity contribution in [2.45, 2.75) is 6.04 Å². The van der Waals surface area contributed by atoms with Crippen molar-refractivity contribution in [2.75, 3.05) is 20.8 Å². The average Bonchev–Trinajstić information content (AvgIpc) is 2.58. The number of carbonyl (C=O) groups excluding carboxylic acids is 1. The van der Waals surface area contributed by atoms with Gasteiger partial charge >= 0.3 is 0 Å². The Morgan fingerprint density at radius 3 is 2.43 bits per heavy atom. The van der Waals surface area contributed by atoms with Gasteiger partial charge in [0.05, 0.1) is 25.3 Å². The maximum atomic E-state index is 13.8. The Balaban J connectivity index is 2.29. The van der Waals surface area contributed by atoms with Gasteiger partial charge in [-0.2, -0.15) is 0 Å². The van der Waals surface area contributed by atoms with Gasteiger partial charge in [-0.3, -0.25) is 4.79 Å². The predicted molar refractivity (Wildman–Crippen MR) is 81.3 cm³/mol. The lowest BCUT2D eigenvalue weighted by atomic mass is 10.0. The zero-order valence-corrected chi connectivity index (χ0v) is 12.8. The molecule has 0 saturated carbocycles. The van der Waals surface area contributed by atoms with Crippen molar-refractivity contribution in [3.8, 4) is 5.75 Å². The van der Waals surface area contributed by atoms with Crippen LogP contribution in [0, 0.1) is 11.6 Å². The average molecular weight is 321 g/mol. The summed E-state index contributed by atoms with van der Waals surface area (Å²) in [5.74, 6) is -2.36. The summed E-state index contributed by atoms with van der Waals surface area (Å²) in [5, 5.41) is 9.60. The minimum Gasteiger partial charge on any atom is -0.497 e. The fourth-order valence-corrected chi connectivity index (χ4v) is 2.28. The highest BCUT2D eigenvalue weighted by Gasteiger charge is 2.25. The van der Waals surface area contributed by atoms with Crippen LogP contribution in [0.2, 0.25) is 0 Å². The Morgan fingerprint density at radius 2 is 1.87 bits per heavy atom. The van der Waals surface area contributed by atoms with Crippen molar-refractivity contribution in [2.24, 2.45) is 0 Å². The lowest BCUT2D eigenvalue weighted by Gasteiger charge is -2.27. The zero-order valence-electron chi connectivity index (χ0n) is 12.8. The molecule has 0 spiro atoms. The first-order valence-electron chi connectivity index (χ1n) is 6.95. The number of likely N-dealkylation sites (N-methyl/N-ethyl adjacent to an activating group) is 1. The molecule has 4 nitrogen and oxygen atoms in total. The molecule has 122 valence electrons.